The van der Waals surface area contributed by atoms with Gasteiger partial charge < -0.3 is 19.4 Å². The maximum Gasteiger partial charge on any atom is 0.319 e. The topological polar surface area (TPSA) is 85.6 Å². The predicted molar refractivity (Wildman–Crippen MR) is 166 cm³/mol. The van der Waals surface area contributed by atoms with Gasteiger partial charge in [-0.2, -0.15) is 15.2 Å². The first-order valence-electron chi connectivity index (χ1n) is 15.0. The lowest BCUT2D eigenvalue weighted by atomic mass is 9.95. The van der Waals surface area contributed by atoms with Crippen molar-refractivity contribution in [2.75, 3.05) is 44.7 Å². The molecule has 6 rings (SSSR count). The number of likely N-dealkylation sites (N-methyl/N-ethyl adjacent to an activating group) is 1. The molecule has 8 nitrogen and oxygen atoms in total. The van der Waals surface area contributed by atoms with Crippen LogP contribution in [0.4, 0.5) is 10.2 Å². The van der Waals surface area contributed by atoms with Crippen LogP contribution in [0.25, 0.3) is 22.0 Å². The number of aromatic nitrogens is 2. The van der Waals surface area contributed by atoms with Crippen molar-refractivity contribution in [2.24, 2.45) is 5.92 Å². The van der Waals surface area contributed by atoms with Crippen LogP contribution in [0.15, 0.2) is 36.9 Å². The number of carbonyl (C=O) groups is 1. The number of benzene rings is 2. The second kappa shape index (κ2) is 12.1. The van der Waals surface area contributed by atoms with E-state index in [1.54, 1.807) is 11.0 Å². The maximum absolute atomic E-state index is 16.8. The lowest BCUT2D eigenvalue weighted by Gasteiger charge is -2.41. The third-order valence-corrected chi connectivity index (χ3v) is 9.45. The van der Waals surface area contributed by atoms with Crippen LogP contribution in [0.1, 0.15) is 37.3 Å². The van der Waals surface area contributed by atoms with E-state index in [9.17, 15) is 10.1 Å². The van der Waals surface area contributed by atoms with Gasteiger partial charge in [-0.15, -0.1) is 0 Å². The number of amides is 1. The van der Waals surface area contributed by atoms with E-state index in [4.69, 9.17) is 21.3 Å². The highest BCUT2D eigenvalue weighted by Gasteiger charge is 2.33. The molecule has 10 heteroatoms. The molecule has 1 aliphatic carbocycles. The van der Waals surface area contributed by atoms with Crippen LogP contribution in [-0.4, -0.2) is 77.6 Å². The molecule has 0 saturated carbocycles. The minimum absolute atomic E-state index is 0.100. The van der Waals surface area contributed by atoms with Gasteiger partial charge in [-0.1, -0.05) is 43.3 Å². The standard InChI is InChI=1S/C33H36ClFN6O2/c1-4-28(42)41-14-13-40(18-22(41)10-11-36)32-26-17-27(34)29(24-9-5-7-21-15-20(2)16-25(21)24)30(35)31(26)37-33(38-32)43-19-23-8-6-12-39(23)3/h4-5,7,9,17,20,22-23H,1,6,8,10,12-16,18-19H2,2-3H3/t20?,22-,23-/m0/s1. The van der Waals surface area contributed by atoms with E-state index in [0.29, 0.717) is 48.9 Å². The number of halogens is 2. The molecule has 3 heterocycles. The fraction of sp³-hybridized carbons (Fsp3) is 0.455. The number of ether oxygens (including phenoxy) is 1. The van der Waals surface area contributed by atoms with Crippen molar-refractivity contribution in [3.05, 3.63) is 58.9 Å². The smallest absolute Gasteiger partial charge is 0.319 e. The molecular formula is C33H36ClFN6O2. The van der Waals surface area contributed by atoms with Crippen LogP contribution in [0.2, 0.25) is 5.02 Å². The Balaban J connectivity index is 1.46. The first-order valence-corrected chi connectivity index (χ1v) is 15.4. The molecule has 1 amide bonds. The number of nitriles is 1. The average molecular weight is 603 g/mol. The summed E-state index contributed by atoms with van der Waals surface area (Å²) in [5.41, 5.74) is 3.64. The summed E-state index contributed by atoms with van der Waals surface area (Å²) < 4.78 is 22.9. The highest BCUT2D eigenvalue weighted by atomic mass is 35.5. The van der Waals surface area contributed by atoms with Crippen LogP contribution >= 0.6 is 11.6 Å². The van der Waals surface area contributed by atoms with E-state index >= 15 is 4.39 Å². The van der Waals surface area contributed by atoms with Gasteiger partial charge in [0.15, 0.2) is 5.82 Å². The molecule has 3 aromatic rings. The van der Waals surface area contributed by atoms with E-state index in [1.807, 2.05) is 17.0 Å². The van der Waals surface area contributed by atoms with Crippen molar-refractivity contribution in [3.8, 4) is 23.2 Å². The first kappa shape index (κ1) is 29.3. The van der Waals surface area contributed by atoms with Crippen LogP contribution in [0.5, 0.6) is 6.01 Å². The third kappa shape index (κ3) is 5.54. The minimum atomic E-state index is -0.504. The number of hydrogen-bond donors (Lipinski definition) is 0. The number of rotatable bonds is 7. The Bertz CT molecular complexity index is 1620. The molecule has 3 aliphatic rings. The lowest BCUT2D eigenvalue weighted by Crippen LogP contribution is -2.55. The quantitative estimate of drug-likeness (QED) is 0.334. The van der Waals surface area contributed by atoms with E-state index in [1.165, 1.54) is 11.6 Å². The molecule has 0 radical (unpaired) electrons. The average Bonchev–Trinajstić information content (AvgIpc) is 3.60. The summed E-state index contributed by atoms with van der Waals surface area (Å²) in [6.07, 6.45) is 5.35. The summed E-state index contributed by atoms with van der Waals surface area (Å²) in [5, 5.41) is 10.3. The molecule has 0 spiro atoms. The van der Waals surface area contributed by atoms with Crippen molar-refractivity contribution >= 4 is 34.2 Å². The van der Waals surface area contributed by atoms with E-state index in [-0.39, 0.29) is 41.0 Å². The van der Waals surface area contributed by atoms with E-state index in [0.717, 1.165) is 43.4 Å². The predicted octanol–water partition coefficient (Wildman–Crippen LogP) is 5.41. The number of nitrogens with zero attached hydrogens (tertiary/aromatic N) is 6. The minimum Gasteiger partial charge on any atom is -0.462 e. The second-order valence-electron chi connectivity index (χ2n) is 12.0. The molecule has 43 heavy (non-hydrogen) atoms. The van der Waals surface area contributed by atoms with Crippen molar-refractivity contribution < 1.29 is 13.9 Å². The van der Waals surface area contributed by atoms with Gasteiger partial charge in [0.1, 0.15) is 17.9 Å². The van der Waals surface area contributed by atoms with Gasteiger partial charge >= 0.3 is 6.01 Å². The zero-order chi connectivity index (χ0) is 30.2. The number of piperazine rings is 1. The molecule has 2 aromatic carbocycles. The van der Waals surface area contributed by atoms with Crippen molar-refractivity contribution in [1.29, 1.82) is 5.26 Å². The number of carbonyl (C=O) groups excluding carboxylic acids is 1. The molecule has 2 aliphatic heterocycles. The highest BCUT2D eigenvalue weighted by molar-refractivity contribution is 6.34. The zero-order valence-corrected chi connectivity index (χ0v) is 25.4. The van der Waals surface area contributed by atoms with Gasteiger partial charge in [0.05, 0.1) is 23.6 Å². The molecule has 1 aromatic heterocycles. The van der Waals surface area contributed by atoms with Crippen molar-refractivity contribution in [1.82, 2.24) is 19.8 Å². The SMILES string of the molecule is C=CC(=O)N1CCN(c2nc(OC[C@@H]3CCCN3C)nc3c(F)c(-c4cccc5c4CC(C)C5)c(Cl)cc23)C[C@@H]1CC#N. The van der Waals surface area contributed by atoms with Gasteiger partial charge in [-0.05, 0) is 74.0 Å². The Kier molecular flexibility index (Phi) is 8.25. The van der Waals surface area contributed by atoms with E-state index < -0.39 is 5.82 Å². The molecule has 2 saturated heterocycles. The summed E-state index contributed by atoms with van der Waals surface area (Å²) in [6.45, 7) is 8.36. The lowest BCUT2D eigenvalue weighted by molar-refractivity contribution is -0.128. The third-order valence-electron chi connectivity index (χ3n) is 9.15. The number of hydrogen-bond acceptors (Lipinski definition) is 7. The molecule has 2 fully saturated rings. The highest BCUT2D eigenvalue weighted by Crippen LogP contribution is 2.43. The van der Waals surface area contributed by atoms with Crippen LogP contribution < -0.4 is 9.64 Å². The van der Waals surface area contributed by atoms with Gasteiger partial charge in [-0.25, -0.2) is 4.39 Å². The Hall–Kier alpha value is -3.74. The Morgan fingerprint density at radius 3 is 2.84 bits per heavy atom. The van der Waals surface area contributed by atoms with E-state index in [2.05, 4.69) is 42.6 Å². The maximum atomic E-state index is 16.8. The Morgan fingerprint density at radius 2 is 2.09 bits per heavy atom. The number of likely N-dealkylation sites (tertiary alicyclic amines) is 1. The summed E-state index contributed by atoms with van der Waals surface area (Å²) in [7, 11) is 2.07. The Morgan fingerprint density at radius 1 is 1.26 bits per heavy atom. The normalized spacial score (nSPS) is 22.1. The van der Waals surface area contributed by atoms with Crippen molar-refractivity contribution in [2.45, 2.75) is 51.1 Å². The molecule has 224 valence electrons. The zero-order valence-electron chi connectivity index (χ0n) is 24.7. The monoisotopic (exact) mass is 602 g/mol. The van der Waals surface area contributed by atoms with Crippen LogP contribution in [0, 0.1) is 23.1 Å². The second-order valence-corrected chi connectivity index (χ2v) is 12.4. The summed E-state index contributed by atoms with van der Waals surface area (Å²) >= 11 is 6.90. The summed E-state index contributed by atoms with van der Waals surface area (Å²) in [6, 6.07) is 9.90. The summed E-state index contributed by atoms with van der Waals surface area (Å²) in [5.74, 6) is 0.235. The molecular weight excluding hydrogens is 567 g/mol. The molecule has 1 unspecified atom stereocenters. The Labute approximate surface area is 256 Å². The summed E-state index contributed by atoms with van der Waals surface area (Å²) in [4.78, 5) is 27.8. The van der Waals surface area contributed by atoms with Gasteiger partial charge in [-0.3, -0.25) is 4.79 Å². The fourth-order valence-electron chi connectivity index (χ4n) is 6.91. The van der Waals surface area contributed by atoms with Gasteiger partial charge in [0.2, 0.25) is 5.91 Å². The van der Waals surface area contributed by atoms with Crippen molar-refractivity contribution in [3.63, 3.8) is 0 Å². The number of anilines is 1. The molecule has 0 bridgehead atoms. The van der Waals surface area contributed by atoms with Crippen LogP contribution in [-0.2, 0) is 17.6 Å². The van der Waals surface area contributed by atoms with Gasteiger partial charge in [0.25, 0.3) is 0 Å². The molecule has 0 N–H and O–H groups in total. The van der Waals surface area contributed by atoms with Crippen LogP contribution in [0.3, 0.4) is 0 Å². The number of fused-ring (bicyclic) bond motifs is 2. The molecule has 3 atom stereocenters. The largest absolute Gasteiger partial charge is 0.462 e. The first-order chi connectivity index (χ1) is 20.8. The van der Waals surface area contributed by atoms with Gasteiger partial charge in [0, 0.05) is 36.6 Å². The fourth-order valence-corrected chi connectivity index (χ4v) is 7.20.